The largest absolute Gasteiger partial charge is 0.394 e. The molecule has 0 fully saturated rings. The number of aliphatic hydroxyl groups excluding tert-OH is 1. The fourth-order valence-electron chi connectivity index (χ4n) is 0.309. The summed E-state index contributed by atoms with van der Waals surface area (Å²) >= 11 is 0. The number of hydrogen-bond acceptors (Lipinski definition) is 3. The molecule has 0 aliphatic heterocycles. The maximum atomic E-state index is 8.20. The molecule has 0 aromatic rings. The number of hydrogen-bond donors (Lipinski definition) is 1. The van der Waals surface area contributed by atoms with Crippen LogP contribution in [0.2, 0.25) is 0 Å². The summed E-state index contributed by atoms with van der Waals surface area (Å²) in [5.41, 5.74) is 0. The minimum absolute atomic E-state index is 0. The molecule has 0 aromatic carbocycles. The number of rotatable bonds is 5. The van der Waals surface area contributed by atoms with Crippen molar-refractivity contribution in [3.8, 4) is 0 Å². The Morgan fingerprint density at radius 1 is 1.22 bits per heavy atom. The van der Waals surface area contributed by atoms with Crippen molar-refractivity contribution in [3.05, 3.63) is 0 Å². The van der Waals surface area contributed by atoms with Gasteiger partial charge in [0.1, 0.15) is 0 Å². The second kappa shape index (κ2) is 11.3. The Hall–Kier alpha value is 0.477. The predicted octanol–water partition coefficient (Wildman–Crippen LogP) is -0.739. The van der Waals surface area contributed by atoms with Crippen molar-refractivity contribution in [1.82, 2.24) is 0 Å². The maximum absolute atomic E-state index is 8.20. The molecule has 0 rings (SSSR count). The number of methoxy groups -OCH3 is 1. The van der Waals surface area contributed by atoms with E-state index in [9.17, 15) is 0 Å². The van der Waals surface area contributed by atoms with E-state index in [4.69, 9.17) is 9.84 Å². The summed E-state index contributed by atoms with van der Waals surface area (Å²) in [6, 6.07) is 0. The Kier molecular flexibility index (Phi) is 15.3. The van der Waals surface area contributed by atoms with Gasteiger partial charge in [-0.25, -0.2) is 0 Å². The van der Waals surface area contributed by atoms with Crippen molar-refractivity contribution in [3.63, 3.8) is 0 Å². The van der Waals surface area contributed by atoms with Gasteiger partial charge >= 0.3 is 0 Å². The summed E-state index contributed by atoms with van der Waals surface area (Å²) in [6.07, 6.45) is 0. The zero-order chi connectivity index (χ0) is 6.24. The Morgan fingerprint density at radius 3 is 2.33 bits per heavy atom. The van der Waals surface area contributed by atoms with E-state index in [0.717, 1.165) is 0 Å². The van der Waals surface area contributed by atoms with Crippen LogP contribution in [-0.2, 0) is 9.47 Å². The summed E-state index contributed by atoms with van der Waals surface area (Å²) in [4.78, 5) is 0. The molecule has 9 heavy (non-hydrogen) atoms. The first-order valence-corrected chi connectivity index (χ1v) is 2.59. The van der Waals surface area contributed by atoms with Gasteiger partial charge in [0.15, 0.2) is 0 Å². The first kappa shape index (κ1) is 12.2. The van der Waals surface area contributed by atoms with Gasteiger partial charge < -0.3 is 14.6 Å². The van der Waals surface area contributed by atoms with Crippen LogP contribution in [-0.4, -0.2) is 57.5 Å². The van der Waals surface area contributed by atoms with Gasteiger partial charge in [-0.1, -0.05) is 0 Å². The van der Waals surface area contributed by atoms with Gasteiger partial charge in [0.25, 0.3) is 0 Å². The maximum Gasteiger partial charge on any atom is 0.0701 e. The smallest absolute Gasteiger partial charge is 0.0701 e. The summed E-state index contributed by atoms with van der Waals surface area (Å²) < 4.78 is 9.53. The second-order valence-electron chi connectivity index (χ2n) is 1.33. The van der Waals surface area contributed by atoms with Gasteiger partial charge in [0, 0.05) is 26.0 Å². The van der Waals surface area contributed by atoms with Crippen LogP contribution in [0.3, 0.4) is 0 Å². The Balaban J connectivity index is 0. The van der Waals surface area contributed by atoms with Crippen LogP contribution < -0.4 is 0 Å². The third-order valence-corrected chi connectivity index (χ3v) is 0.667. The average molecular weight is 127 g/mol. The van der Waals surface area contributed by atoms with E-state index in [1.54, 1.807) is 7.11 Å². The monoisotopic (exact) mass is 127 g/mol. The third-order valence-electron chi connectivity index (χ3n) is 0.667. The minimum Gasteiger partial charge on any atom is -0.394 e. The molecule has 0 bridgehead atoms. The molecule has 0 spiro atoms. The molecule has 1 radical (unpaired) electrons. The van der Waals surface area contributed by atoms with Gasteiger partial charge in [-0.2, -0.15) is 0 Å². The van der Waals surface area contributed by atoms with Gasteiger partial charge in [0.05, 0.1) is 26.4 Å². The van der Waals surface area contributed by atoms with Crippen molar-refractivity contribution >= 4 is 18.9 Å². The number of ether oxygens (including phenoxy) is 2. The summed E-state index contributed by atoms with van der Waals surface area (Å²) in [5, 5.41) is 8.20. The third kappa shape index (κ3) is 11.9. The van der Waals surface area contributed by atoms with Crippen LogP contribution in [0.1, 0.15) is 0 Å². The first-order valence-electron chi connectivity index (χ1n) is 2.59. The molecule has 0 saturated heterocycles. The van der Waals surface area contributed by atoms with Crippen LogP contribution >= 0.6 is 0 Å². The zero-order valence-electron chi connectivity index (χ0n) is 6.09. The van der Waals surface area contributed by atoms with Crippen LogP contribution in [0.15, 0.2) is 0 Å². The van der Waals surface area contributed by atoms with Crippen molar-refractivity contribution in [2.45, 2.75) is 0 Å². The summed E-state index contributed by atoms with van der Waals surface area (Å²) in [5.74, 6) is 0. The molecule has 0 amide bonds. The molecule has 0 aliphatic rings. The van der Waals surface area contributed by atoms with Crippen molar-refractivity contribution in [1.29, 1.82) is 0 Å². The Morgan fingerprint density at radius 2 is 1.89 bits per heavy atom. The van der Waals surface area contributed by atoms with E-state index in [2.05, 4.69) is 4.74 Å². The zero-order valence-corrected chi connectivity index (χ0v) is 6.09. The molecule has 0 saturated carbocycles. The van der Waals surface area contributed by atoms with Crippen molar-refractivity contribution in [2.75, 3.05) is 33.5 Å². The molecule has 51 valence electrons. The van der Waals surface area contributed by atoms with E-state index in [-0.39, 0.29) is 25.5 Å². The van der Waals surface area contributed by atoms with Crippen LogP contribution in [0.25, 0.3) is 0 Å². The molecule has 4 heteroatoms. The molecule has 0 heterocycles. The molecule has 0 atom stereocenters. The van der Waals surface area contributed by atoms with Crippen molar-refractivity contribution in [2.24, 2.45) is 0 Å². The molecule has 0 aromatic heterocycles. The second-order valence-corrected chi connectivity index (χ2v) is 1.33. The van der Waals surface area contributed by atoms with Gasteiger partial charge in [0.2, 0.25) is 0 Å². The number of aliphatic hydroxyl groups is 1. The molecular weight excluding hydrogens is 115 g/mol. The van der Waals surface area contributed by atoms with Crippen LogP contribution in [0.5, 0.6) is 0 Å². The standard InChI is InChI=1S/C5H12O3.Li/c1-7-4-5-8-3-2-6;/h6H,2-5H2,1H3;. The Labute approximate surface area is 67.5 Å². The topological polar surface area (TPSA) is 38.7 Å². The fraction of sp³-hybridized carbons (Fsp3) is 1.00. The molecule has 0 aliphatic carbocycles. The van der Waals surface area contributed by atoms with Gasteiger partial charge in [-0.15, -0.1) is 0 Å². The van der Waals surface area contributed by atoms with Crippen molar-refractivity contribution < 1.29 is 14.6 Å². The summed E-state index contributed by atoms with van der Waals surface area (Å²) in [7, 11) is 1.61. The molecule has 1 N–H and O–H groups in total. The molecule has 3 nitrogen and oxygen atoms in total. The van der Waals surface area contributed by atoms with E-state index < -0.39 is 0 Å². The van der Waals surface area contributed by atoms with E-state index in [1.807, 2.05) is 0 Å². The normalized spacial score (nSPS) is 8.67. The summed E-state index contributed by atoms with van der Waals surface area (Å²) in [6.45, 7) is 1.66. The minimum atomic E-state index is 0. The predicted molar refractivity (Wildman–Crippen MR) is 35.5 cm³/mol. The Bertz CT molecular complexity index is 37.2. The van der Waals surface area contributed by atoms with E-state index in [0.29, 0.717) is 19.8 Å². The van der Waals surface area contributed by atoms with Crippen LogP contribution in [0, 0.1) is 0 Å². The molecular formula is C5H12LiO3. The van der Waals surface area contributed by atoms with Gasteiger partial charge in [-0.05, 0) is 0 Å². The SMILES string of the molecule is COCCOCCO.[Li]. The fourth-order valence-corrected chi connectivity index (χ4v) is 0.309. The van der Waals surface area contributed by atoms with E-state index >= 15 is 0 Å². The van der Waals surface area contributed by atoms with Gasteiger partial charge in [-0.3, -0.25) is 0 Å². The quantitative estimate of drug-likeness (QED) is 0.390. The average Bonchev–Trinajstić information content (AvgIpc) is 1.81. The molecule has 0 unspecified atom stereocenters. The first-order chi connectivity index (χ1) is 3.91. The van der Waals surface area contributed by atoms with Crippen LogP contribution in [0.4, 0.5) is 0 Å². The van der Waals surface area contributed by atoms with E-state index in [1.165, 1.54) is 0 Å².